The highest BCUT2D eigenvalue weighted by molar-refractivity contribution is 5.97. The van der Waals surface area contributed by atoms with Crippen LogP contribution in [-0.4, -0.2) is 42.8 Å². The maximum absolute atomic E-state index is 12.6. The highest BCUT2D eigenvalue weighted by Crippen LogP contribution is 2.29. The first-order chi connectivity index (χ1) is 12.7. The smallest absolute Gasteiger partial charge is 0.491 e. The lowest BCUT2D eigenvalue weighted by molar-refractivity contribution is -0.189. The minimum atomic E-state index is -5.30. The molecule has 11 heteroatoms. The fraction of sp³-hybridized carbons (Fsp3) is 0.312. The lowest BCUT2D eigenvalue weighted by Gasteiger charge is -2.14. The third-order valence-electron chi connectivity index (χ3n) is 3.35. The van der Waals surface area contributed by atoms with E-state index in [1.54, 1.807) is 0 Å². The third kappa shape index (κ3) is 4.56. The number of hydrogen-bond donors (Lipinski definition) is 1. The standard InChI is InChI=1S/C16H15F3N2O6/c1-25-14(23)10-7-12(22)21-8-9(26-6-2-5-20)3-4-11(21)13(10)27-15(24)16(17,18)19/h3-4,7-8H,2,5-6,20H2,1H3. The fourth-order valence-corrected chi connectivity index (χ4v) is 2.12. The van der Waals surface area contributed by atoms with Crippen molar-refractivity contribution in [2.24, 2.45) is 5.73 Å². The number of halogens is 3. The third-order valence-corrected chi connectivity index (χ3v) is 3.35. The van der Waals surface area contributed by atoms with E-state index in [1.807, 2.05) is 0 Å². The van der Waals surface area contributed by atoms with Gasteiger partial charge in [-0.05, 0) is 25.1 Å². The molecular formula is C16H15F3N2O6. The van der Waals surface area contributed by atoms with Gasteiger partial charge in [-0.1, -0.05) is 0 Å². The van der Waals surface area contributed by atoms with E-state index in [-0.39, 0.29) is 17.9 Å². The van der Waals surface area contributed by atoms with Crippen LogP contribution in [0.25, 0.3) is 5.52 Å². The molecule has 0 spiro atoms. The SMILES string of the molecule is COC(=O)c1cc(=O)n2cc(OCCCN)ccc2c1OC(=O)C(F)(F)F. The molecule has 2 aromatic rings. The molecule has 2 N–H and O–H groups in total. The molecule has 27 heavy (non-hydrogen) atoms. The van der Waals surface area contributed by atoms with Gasteiger partial charge in [-0.3, -0.25) is 9.20 Å². The Hall–Kier alpha value is -3.08. The van der Waals surface area contributed by atoms with E-state index < -0.39 is 35.0 Å². The zero-order valence-corrected chi connectivity index (χ0v) is 14.0. The van der Waals surface area contributed by atoms with E-state index in [0.717, 1.165) is 11.5 Å². The molecule has 146 valence electrons. The molecule has 0 bridgehead atoms. The number of hydrogen-bond acceptors (Lipinski definition) is 7. The molecule has 0 fully saturated rings. The van der Waals surface area contributed by atoms with Crippen LogP contribution >= 0.6 is 0 Å². The second kappa shape index (κ2) is 8.08. The Morgan fingerprint density at radius 1 is 1.26 bits per heavy atom. The van der Waals surface area contributed by atoms with Crippen LogP contribution in [0.4, 0.5) is 13.2 Å². The zero-order valence-electron chi connectivity index (χ0n) is 14.0. The highest BCUT2D eigenvalue weighted by Gasteiger charge is 2.42. The summed E-state index contributed by atoms with van der Waals surface area (Å²) in [6.07, 6.45) is -3.56. The molecule has 0 amide bonds. The van der Waals surface area contributed by atoms with Gasteiger partial charge in [0, 0.05) is 6.07 Å². The van der Waals surface area contributed by atoms with Crippen molar-refractivity contribution in [2.45, 2.75) is 12.6 Å². The summed E-state index contributed by atoms with van der Waals surface area (Å²) >= 11 is 0. The molecule has 0 saturated carbocycles. The number of rotatable bonds is 6. The molecule has 0 aliphatic carbocycles. The number of carbonyl (C=O) groups excluding carboxylic acids is 2. The molecule has 0 aliphatic rings. The van der Waals surface area contributed by atoms with Gasteiger partial charge in [-0.15, -0.1) is 0 Å². The number of ether oxygens (including phenoxy) is 3. The molecular weight excluding hydrogens is 373 g/mol. The number of pyridine rings is 2. The first kappa shape index (κ1) is 20.2. The van der Waals surface area contributed by atoms with Crippen molar-refractivity contribution in [1.29, 1.82) is 0 Å². The predicted molar refractivity (Wildman–Crippen MR) is 85.9 cm³/mol. The summed E-state index contributed by atoms with van der Waals surface area (Å²) in [5, 5.41) is 0. The molecule has 2 rings (SSSR count). The Balaban J connectivity index is 2.60. The van der Waals surface area contributed by atoms with Crippen molar-refractivity contribution in [3.8, 4) is 11.5 Å². The van der Waals surface area contributed by atoms with Crippen LogP contribution in [0.1, 0.15) is 16.8 Å². The first-order valence-corrected chi connectivity index (χ1v) is 7.58. The van der Waals surface area contributed by atoms with E-state index in [1.165, 1.54) is 18.3 Å². The van der Waals surface area contributed by atoms with Crippen molar-refractivity contribution < 1.29 is 37.0 Å². The van der Waals surface area contributed by atoms with Crippen molar-refractivity contribution in [3.05, 3.63) is 40.3 Å². The average Bonchev–Trinajstić information content (AvgIpc) is 2.62. The Morgan fingerprint density at radius 2 is 1.96 bits per heavy atom. The lowest BCUT2D eigenvalue weighted by Crippen LogP contribution is -2.29. The van der Waals surface area contributed by atoms with Crippen LogP contribution in [-0.2, 0) is 9.53 Å². The van der Waals surface area contributed by atoms with E-state index in [4.69, 9.17) is 10.5 Å². The van der Waals surface area contributed by atoms with Crippen LogP contribution in [0.3, 0.4) is 0 Å². The second-order valence-corrected chi connectivity index (χ2v) is 5.21. The van der Waals surface area contributed by atoms with Gasteiger partial charge in [0.05, 0.1) is 25.4 Å². The average molecular weight is 388 g/mol. The monoisotopic (exact) mass is 388 g/mol. The summed E-state index contributed by atoms with van der Waals surface area (Å²) in [4.78, 5) is 35.3. The van der Waals surface area contributed by atoms with Crippen LogP contribution in [0.15, 0.2) is 29.2 Å². The van der Waals surface area contributed by atoms with E-state index in [2.05, 4.69) is 9.47 Å². The first-order valence-electron chi connectivity index (χ1n) is 7.58. The summed E-state index contributed by atoms with van der Waals surface area (Å²) < 4.78 is 52.8. The van der Waals surface area contributed by atoms with E-state index in [9.17, 15) is 27.6 Å². The number of alkyl halides is 3. The van der Waals surface area contributed by atoms with Gasteiger partial charge in [0.25, 0.3) is 5.56 Å². The Labute approximate surface area is 150 Å². The molecule has 0 aliphatic heterocycles. The Morgan fingerprint density at radius 3 is 2.56 bits per heavy atom. The van der Waals surface area contributed by atoms with Crippen molar-refractivity contribution in [1.82, 2.24) is 4.40 Å². The van der Waals surface area contributed by atoms with Gasteiger partial charge in [-0.25, -0.2) is 9.59 Å². The number of methoxy groups -OCH3 is 1. The van der Waals surface area contributed by atoms with Gasteiger partial charge >= 0.3 is 18.1 Å². The van der Waals surface area contributed by atoms with Gasteiger partial charge in [-0.2, -0.15) is 13.2 Å². The van der Waals surface area contributed by atoms with Gasteiger partial charge < -0.3 is 19.9 Å². The van der Waals surface area contributed by atoms with E-state index >= 15 is 0 Å². The molecule has 0 unspecified atom stereocenters. The number of esters is 2. The fourth-order valence-electron chi connectivity index (χ4n) is 2.12. The van der Waals surface area contributed by atoms with Gasteiger partial charge in [0.1, 0.15) is 11.3 Å². The summed E-state index contributed by atoms with van der Waals surface area (Å²) in [5.41, 5.74) is 3.73. The van der Waals surface area contributed by atoms with Crippen molar-refractivity contribution in [2.75, 3.05) is 20.3 Å². The number of carbonyl (C=O) groups is 2. The number of fused-ring (bicyclic) bond motifs is 1. The normalized spacial score (nSPS) is 11.3. The molecule has 0 saturated heterocycles. The molecule has 2 heterocycles. The van der Waals surface area contributed by atoms with Gasteiger partial charge in [0.15, 0.2) is 5.75 Å². The molecule has 2 aromatic heterocycles. The molecule has 0 atom stereocenters. The number of aromatic nitrogens is 1. The minimum Gasteiger partial charge on any atom is -0.492 e. The number of nitrogens with two attached hydrogens (primary N) is 1. The van der Waals surface area contributed by atoms with Crippen LogP contribution < -0.4 is 20.8 Å². The quantitative estimate of drug-likeness (QED) is 0.586. The maximum Gasteiger partial charge on any atom is 0.491 e. The van der Waals surface area contributed by atoms with E-state index in [0.29, 0.717) is 19.0 Å². The van der Waals surface area contributed by atoms with Crippen LogP contribution in [0.2, 0.25) is 0 Å². The minimum absolute atomic E-state index is 0.233. The summed E-state index contributed by atoms with van der Waals surface area (Å²) in [5.74, 6) is -4.20. The molecule has 0 radical (unpaired) electrons. The second-order valence-electron chi connectivity index (χ2n) is 5.21. The summed E-state index contributed by atoms with van der Waals surface area (Å²) in [6, 6.07) is 3.24. The summed E-state index contributed by atoms with van der Waals surface area (Å²) in [6.45, 7) is 0.639. The Bertz CT molecular complexity index is 923. The topological polar surface area (TPSA) is 109 Å². The van der Waals surface area contributed by atoms with Crippen LogP contribution in [0.5, 0.6) is 11.5 Å². The molecule has 0 aromatic carbocycles. The van der Waals surface area contributed by atoms with Gasteiger partial charge in [0.2, 0.25) is 0 Å². The number of nitrogens with zero attached hydrogens (tertiary/aromatic N) is 1. The van der Waals surface area contributed by atoms with Crippen molar-refractivity contribution in [3.63, 3.8) is 0 Å². The maximum atomic E-state index is 12.6. The predicted octanol–water partition coefficient (Wildman–Crippen LogP) is 1.28. The van der Waals surface area contributed by atoms with Crippen LogP contribution in [0, 0.1) is 0 Å². The van der Waals surface area contributed by atoms with Crippen molar-refractivity contribution >= 4 is 17.5 Å². The molecule has 8 nitrogen and oxygen atoms in total. The lowest BCUT2D eigenvalue weighted by atomic mass is 10.2. The zero-order chi connectivity index (χ0) is 20.2. The highest BCUT2D eigenvalue weighted by atomic mass is 19.4. The summed E-state index contributed by atoms with van der Waals surface area (Å²) in [7, 11) is 0.966. The Kier molecular flexibility index (Phi) is 6.05. The largest absolute Gasteiger partial charge is 0.492 e.